The second-order valence-electron chi connectivity index (χ2n) is 3.69. The number of pyridine rings is 1. The van der Waals surface area contributed by atoms with E-state index in [0.717, 1.165) is 0 Å². The van der Waals surface area contributed by atoms with Gasteiger partial charge in [0.25, 0.3) is 0 Å². The van der Waals surface area contributed by atoms with E-state index in [9.17, 15) is 5.11 Å². The van der Waals surface area contributed by atoms with Gasteiger partial charge in [-0.05, 0) is 25.0 Å². The fourth-order valence-corrected chi connectivity index (χ4v) is 1.61. The Morgan fingerprint density at radius 1 is 1.43 bits per heavy atom. The lowest BCUT2D eigenvalue weighted by Gasteiger charge is -2.35. The topological polar surface area (TPSA) is 65.4 Å². The molecule has 1 heterocycles. The van der Waals surface area contributed by atoms with Gasteiger partial charge in [0.15, 0.2) is 0 Å². The minimum Gasteiger partial charge on any atom is -0.393 e. The van der Waals surface area contributed by atoms with Crippen LogP contribution in [-0.2, 0) is 0 Å². The first-order chi connectivity index (χ1) is 6.75. The molecule has 1 unspecified atom stereocenters. The summed E-state index contributed by atoms with van der Waals surface area (Å²) in [4.78, 5) is 4.04. The van der Waals surface area contributed by atoms with Crippen LogP contribution in [-0.4, -0.2) is 27.5 Å². The van der Waals surface area contributed by atoms with Crippen LogP contribution in [0.4, 0.5) is 5.82 Å². The fraction of sp³-hybridized carbons (Fsp3) is 0.500. The van der Waals surface area contributed by atoms with Crippen molar-refractivity contribution >= 4 is 5.82 Å². The van der Waals surface area contributed by atoms with E-state index < -0.39 is 6.23 Å². The normalized spacial score (nSPS) is 27.9. The van der Waals surface area contributed by atoms with Crippen LogP contribution in [0.2, 0.25) is 0 Å². The molecule has 0 spiro atoms. The third-order valence-corrected chi connectivity index (χ3v) is 2.56. The molecular weight excluding hydrogens is 180 g/mol. The lowest BCUT2D eigenvalue weighted by Crippen LogP contribution is -2.40. The highest BCUT2D eigenvalue weighted by Crippen LogP contribution is 2.30. The number of nitrogens with one attached hydrogen (secondary N) is 1. The van der Waals surface area contributed by atoms with Crippen molar-refractivity contribution in [2.45, 2.75) is 25.2 Å². The molecule has 76 valence electrons. The Hall–Kier alpha value is -1.13. The lowest BCUT2D eigenvalue weighted by molar-refractivity contribution is -0.0168. The fourth-order valence-electron chi connectivity index (χ4n) is 1.61. The van der Waals surface area contributed by atoms with E-state index in [-0.39, 0.29) is 12.0 Å². The molecule has 1 fully saturated rings. The lowest BCUT2D eigenvalue weighted by atomic mass is 9.81. The van der Waals surface area contributed by atoms with E-state index in [4.69, 9.17) is 5.11 Å². The Balaban J connectivity index is 1.86. The van der Waals surface area contributed by atoms with E-state index in [1.165, 1.54) is 0 Å². The first-order valence-corrected chi connectivity index (χ1v) is 4.79. The van der Waals surface area contributed by atoms with Gasteiger partial charge in [0, 0.05) is 12.1 Å². The van der Waals surface area contributed by atoms with Crippen LogP contribution >= 0.6 is 0 Å². The van der Waals surface area contributed by atoms with Crippen molar-refractivity contribution in [1.82, 2.24) is 4.98 Å². The average molecular weight is 194 g/mol. The number of rotatable bonds is 3. The monoisotopic (exact) mass is 194 g/mol. The highest BCUT2D eigenvalue weighted by Gasteiger charge is 2.32. The van der Waals surface area contributed by atoms with Crippen molar-refractivity contribution in [2.75, 3.05) is 5.32 Å². The van der Waals surface area contributed by atoms with Gasteiger partial charge >= 0.3 is 0 Å². The molecule has 1 aliphatic rings. The molecule has 4 heteroatoms. The highest BCUT2D eigenvalue weighted by atomic mass is 16.3. The average Bonchev–Trinajstić information content (AvgIpc) is 2.14. The van der Waals surface area contributed by atoms with Crippen LogP contribution in [0.3, 0.4) is 0 Å². The summed E-state index contributed by atoms with van der Waals surface area (Å²) in [6, 6.07) is 5.49. The van der Waals surface area contributed by atoms with Crippen LogP contribution < -0.4 is 5.32 Å². The molecular formula is C10H14N2O2. The second-order valence-corrected chi connectivity index (χ2v) is 3.69. The van der Waals surface area contributed by atoms with Crippen molar-refractivity contribution < 1.29 is 10.2 Å². The molecule has 1 atom stereocenters. The summed E-state index contributed by atoms with van der Waals surface area (Å²) in [7, 11) is 0. The zero-order chi connectivity index (χ0) is 9.97. The predicted molar refractivity (Wildman–Crippen MR) is 52.6 cm³/mol. The van der Waals surface area contributed by atoms with Gasteiger partial charge in [-0.3, -0.25) is 0 Å². The third-order valence-electron chi connectivity index (χ3n) is 2.56. The molecule has 0 saturated heterocycles. The van der Waals surface area contributed by atoms with E-state index in [1.807, 2.05) is 12.1 Å². The molecule has 1 aromatic rings. The molecule has 4 nitrogen and oxygen atoms in total. The van der Waals surface area contributed by atoms with Gasteiger partial charge in [0.05, 0.1) is 6.10 Å². The molecule has 0 bridgehead atoms. The number of aromatic nitrogens is 1. The summed E-state index contributed by atoms with van der Waals surface area (Å²) in [5.41, 5.74) is 0. The minimum absolute atomic E-state index is 0.145. The number of nitrogens with zero attached hydrogens (tertiary/aromatic N) is 1. The molecule has 3 N–H and O–H groups in total. The van der Waals surface area contributed by atoms with Gasteiger partial charge in [-0.15, -0.1) is 0 Å². The zero-order valence-corrected chi connectivity index (χ0v) is 7.80. The van der Waals surface area contributed by atoms with Crippen LogP contribution in [0.15, 0.2) is 24.4 Å². The molecule has 0 aromatic carbocycles. The molecule has 2 rings (SSSR count). The van der Waals surface area contributed by atoms with Crippen molar-refractivity contribution in [1.29, 1.82) is 0 Å². The van der Waals surface area contributed by atoms with Gasteiger partial charge in [0.2, 0.25) is 0 Å². The van der Waals surface area contributed by atoms with Gasteiger partial charge < -0.3 is 15.5 Å². The smallest absolute Gasteiger partial charge is 0.128 e. The number of anilines is 1. The van der Waals surface area contributed by atoms with Gasteiger partial charge in [-0.2, -0.15) is 0 Å². The Morgan fingerprint density at radius 2 is 2.21 bits per heavy atom. The highest BCUT2D eigenvalue weighted by molar-refractivity contribution is 5.33. The van der Waals surface area contributed by atoms with Crippen molar-refractivity contribution in [3.8, 4) is 0 Å². The van der Waals surface area contributed by atoms with Crippen molar-refractivity contribution in [2.24, 2.45) is 5.92 Å². The van der Waals surface area contributed by atoms with Crippen LogP contribution in [0, 0.1) is 5.92 Å². The zero-order valence-electron chi connectivity index (χ0n) is 7.80. The maximum Gasteiger partial charge on any atom is 0.128 e. The number of hydrogen-bond donors (Lipinski definition) is 3. The van der Waals surface area contributed by atoms with E-state index >= 15 is 0 Å². The van der Waals surface area contributed by atoms with Crippen LogP contribution in [0.1, 0.15) is 12.8 Å². The summed E-state index contributed by atoms with van der Waals surface area (Å²) in [5, 5.41) is 21.7. The summed E-state index contributed by atoms with van der Waals surface area (Å²) in [6.45, 7) is 0. The van der Waals surface area contributed by atoms with Crippen LogP contribution in [0.5, 0.6) is 0 Å². The largest absolute Gasteiger partial charge is 0.393 e. The molecule has 14 heavy (non-hydrogen) atoms. The number of hydrogen-bond acceptors (Lipinski definition) is 4. The Bertz CT molecular complexity index is 285. The van der Waals surface area contributed by atoms with Gasteiger partial charge in [-0.1, -0.05) is 6.07 Å². The molecule has 1 saturated carbocycles. The molecule has 0 radical (unpaired) electrons. The minimum atomic E-state index is -0.603. The maximum absolute atomic E-state index is 9.68. The Morgan fingerprint density at radius 3 is 2.79 bits per heavy atom. The third kappa shape index (κ3) is 2.02. The van der Waals surface area contributed by atoms with E-state index in [1.54, 1.807) is 12.3 Å². The van der Waals surface area contributed by atoms with E-state index in [0.29, 0.717) is 18.7 Å². The summed E-state index contributed by atoms with van der Waals surface area (Å²) in [6.07, 6.45) is 2.17. The number of aliphatic hydroxyl groups excluding tert-OH is 2. The summed E-state index contributed by atoms with van der Waals surface area (Å²) >= 11 is 0. The van der Waals surface area contributed by atoms with Gasteiger partial charge in [-0.25, -0.2) is 4.98 Å². The summed E-state index contributed by atoms with van der Waals surface area (Å²) in [5.74, 6) is 0.813. The SMILES string of the molecule is OC1CC(C(O)Nc2ccccn2)C1. The standard InChI is InChI=1S/C10H14N2O2/c13-8-5-7(6-8)10(14)12-9-3-1-2-4-11-9/h1-4,7-8,10,13-14H,5-6H2,(H,11,12). The Kier molecular flexibility index (Phi) is 2.65. The van der Waals surface area contributed by atoms with Crippen molar-refractivity contribution in [3.63, 3.8) is 0 Å². The number of aliphatic hydroxyl groups is 2. The van der Waals surface area contributed by atoms with Crippen LogP contribution in [0.25, 0.3) is 0 Å². The maximum atomic E-state index is 9.68. The molecule has 1 aromatic heterocycles. The summed E-state index contributed by atoms with van der Waals surface area (Å²) < 4.78 is 0. The van der Waals surface area contributed by atoms with Crippen molar-refractivity contribution in [3.05, 3.63) is 24.4 Å². The second kappa shape index (κ2) is 3.94. The van der Waals surface area contributed by atoms with Gasteiger partial charge in [0.1, 0.15) is 12.0 Å². The Labute approximate surface area is 82.6 Å². The van der Waals surface area contributed by atoms with E-state index in [2.05, 4.69) is 10.3 Å². The first-order valence-electron chi connectivity index (χ1n) is 4.79. The first kappa shape index (κ1) is 9.43. The molecule has 1 aliphatic carbocycles. The predicted octanol–water partition coefficient (Wildman–Crippen LogP) is 0.583. The molecule has 0 amide bonds. The quantitative estimate of drug-likeness (QED) is 0.616. The molecule has 0 aliphatic heterocycles.